The first kappa shape index (κ1) is 15.1. The van der Waals surface area contributed by atoms with Crippen molar-refractivity contribution in [3.63, 3.8) is 0 Å². The quantitative estimate of drug-likeness (QED) is 0.777. The van der Waals surface area contributed by atoms with E-state index in [9.17, 15) is 9.90 Å². The molecule has 0 bridgehead atoms. The molecule has 3 heterocycles. The van der Waals surface area contributed by atoms with Crippen molar-refractivity contribution in [3.8, 4) is 22.8 Å². The Hall–Kier alpha value is -2.47. The summed E-state index contributed by atoms with van der Waals surface area (Å²) in [5, 5.41) is 15.7. The Morgan fingerprint density at radius 3 is 2.46 bits per heavy atom. The van der Waals surface area contributed by atoms with Crippen LogP contribution in [-0.2, 0) is 13.1 Å². The van der Waals surface area contributed by atoms with E-state index in [4.69, 9.17) is 11.6 Å². The lowest BCUT2D eigenvalue weighted by atomic mass is 10.1. The fourth-order valence-electron chi connectivity index (χ4n) is 3.18. The maximum Gasteiger partial charge on any atom is 0.296 e. The lowest BCUT2D eigenvalue weighted by molar-refractivity contribution is 0.304. The zero-order valence-electron chi connectivity index (χ0n) is 13.2. The third-order valence-corrected chi connectivity index (χ3v) is 4.67. The minimum atomic E-state index is -0.207. The second-order valence-electron chi connectivity index (χ2n) is 6.02. The number of aromatic hydroxyl groups is 1. The summed E-state index contributed by atoms with van der Waals surface area (Å²) in [7, 11) is 0. The van der Waals surface area contributed by atoms with E-state index in [2.05, 4.69) is 5.10 Å². The second-order valence-corrected chi connectivity index (χ2v) is 6.46. The molecule has 0 aliphatic carbocycles. The molecule has 4 rings (SSSR count). The Balaban J connectivity index is 1.85. The molecule has 0 atom stereocenters. The van der Waals surface area contributed by atoms with E-state index in [1.54, 1.807) is 21.5 Å². The van der Waals surface area contributed by atoms with Crippen LogP contribution in [0.3, 0.4) is 0 Å². The zero-order chi connectivity index (χ0) is 16.8. The minimum absolute atomic E-state index is 0.0199. The molecule has 1 aliphatic rings. The van der Waals surface area contributed by atoms with Crippen LogP contribution < -0.4 is 5.56 Å². The van der Waals surface area contributed by atoms with Gasteiger partial charge in [-0.2, -0.15) is 5.10 Å². The number of nitrogens with zero attached hydrogens (tertiary/aromatic N) is 4. The molecule has 6 nitrogen and oxygen atoms in total. The normalized spacial score (nSPS) is 13.9. The Kier molecular flexibility index (Phi) is 3.49. The first-order chi connectivity index (χ1) is 11.6. The summed E-state index contributed by atoms with van der Waals surface area (Å²) in [5.74, 6) is -0.0199. The van der Waals surface area contributed by atoms with Crippen LogP contribution in [0.15, 0.2) is 35.1 Å². The number of aromatic nitrogens is 4. The van der Waals surface area contributed by atoms with Gasteiger partial charge in [-0.25, -0.2) is 14.0 Å². The van der Waals surface area contributed by atoms with Gasteiger partial charge in [-0.3, -0.25) is 4.79 Å². The highest BCUT2D eigenvalue weighted by Gasteiger charge is 2.25. The third kappa shape index (κ3) is 2.26. The van der Waals surface area contributed by atoms with E-state index in [-0.39, 0.29) is 17.1 Å². The van der Waals surface area contributed by atoms with Crippen molar-refractivity contribution in [1.82, 2.24) is 19.1 Å². The van der Waals surface area contributed by atoms with Crippen LogP contribution in [0.25, 0.3) is 16.9 Å². The van der Waals surface area contributed by atoms with Crippen molar-refractivity contribution in [1.29, 1.82) is 0 Å². The minimum Gasteiger partial charge on any atom is -0.492 e. The highest BCUT2D eigenvalue weighted by Crippen LogP contribution is 2.26. The van der Waals surface area contributed by atoms with Gasteiger partial charge in [0.2, 0.25) is 5.88 Å². The van der Waals surface area contributed by atoms with E-state index in [1.807, 2.05) is 25.1 Å². The summed E-state index contributed by atoms with van der Waals surface area (Å²) < 4.78 is 4.77. The van der Waals surface area contributed by atoms with Gasteiger partial charge in [-0.15, -0.1) is 0 Å². The number of aryl methyl sites for hydroxylation is 1. The SMILES string of the molecule is Cc1cc(-c2ccc(Cl)cc2)nn1-c1c(O)n2n(c1=O)CCCC2. The molecule has 0 amide bonds. The van der Waals surface area contributed by atoms with Gasteiger partial charge in [-0.05, 0) is 38.0 Å². The van der Waals surface area contributed by atoms with Crippen molar-refractivity contribution in [2.75, 3.05) is 0 Å². The monoisotopic (exact) mass is 344 g/mol. The maximum absolute atomic E-state index is 12.7. The summed E-state index contributed by atoms with van der Waals surface area (Å²) in [6, 6.07) is 9.25. The van der Waals surface area contributed by atoms with Gasteiger partial charge in [0, 0.05) is 29.4 Å². The highest BCUT2D eigenvalue weighted by molar-refractivity contribution is 6.30. The van der Waals surface area contributed by atoms with E-state index < -0.39 is 0 Å². The van der Waals surface area contributed by atoms with Gasteiger partial charge < -0.3 is 5.11 Å². The summed E-state index contributed by atoms with van der Waals surface area (Å²) in [5.41, 5.74) is 2.44. The average Bonchev–Trinajstić information content (AvgIpc) is 3.07. The van der Waals surface area contributed by atoms with Crippen molar-refractivity contribution in [3.05, 3.63) is 51.4 Å². The molecule has 1 aliphatic heterocycles. The molecule has 24 heavy (non-hydrogen) atoms. The molecule has 124 valence electrons. The van der Waals surface area contributed by atoms with Crippen LogP contribution in [0.4, 0.5) is 0 Å². The van der Waals surface area contributed by atoms with Crippen LogP contribution in [0.2, 0.25) is 5.02 Å². The van der Waals surface area contributed by atoms with Gasteiger partial charge in [-0.1, -0.05) is 23.7 Å². The van der Waals surface area contributed by atoms with Crippen LogP contribution in [0, 0.1) is 6.92 Å². The second kappa shape index (κ2) is 5.56. The molecule has 1 N–H and O–H groups in total. The molecule has 0 radical (unpaired) electrons. The molecular weight excluding hydrogens is 328 g/mol. The topological polar surface area (TPSA) is 65.0 Å². The summed E-state index contributed by atoms with van der Waals surface area (Å²) in [6.45, 7) is 3.13. The predicted octanol–water partition coefficient (Wildman–Crippen LogP) is 2.96. The maximum atomic E-state index is 12.7. The number of hydrogen-bond acceptors (Lipinski definition) is 3. The van der Waals surface area contributed by atoms with Gasteiger partial charge in [0.25, 0.3) is 5.56 Å². The van der Waals surface area contributed by atoms with E-state index in [0.717, 1.165) is 29.8 Å². The van der Waals surface area contributed by atoms with Crippen LogP contribution in [0.5, 0.6) is 5.88 Å². The molecule has 0 saturated carbocycles. The van der Waals surface area contributed by atoms with Gasteiger partial charge in [0.15, 0.2) is 5.69 Å². The fraction of sp³-hybridized carbons (Fsp3) is 0.294. The lowest BCUT2D eigenvalue weighted by Crippen LogP contribution is -2.28. The Bertz CT molecular complexity index is 966. The smallest absolute Gasteiger partial charge is 0.296 e. The largest absolute Gasteiger partial charge is 0.492 e. The standard InChI is InChI=1S/C17H17ClN4O2/c1-11-10-14(12-4-6-13(18)7-5-12)19-22(11)15-16(23)20-8-2-3-9-21(20)17(15)24/h4-7,10,23H,2-3,8-9H2,1H3. The summed E-state index contributed by atoms with van der Waals surface area (Å²) in [4.78, 5) is 12.7. The lowest BCUT2D eigenvalue weighted by Gasteiger charge is -2.16. The number of fused-ring (bicyclic) bond motifs is 1. The van der Waals surface area contributed by atoms with Crippen molar-refractivity contribution < 1.29 is 5.11 Å². The van der Waals surface area contributed by atoms with Crippen LogP contribution in [-0.4, -0.2) is 24.3 Å². The van der Waals surface area contributed by atoms with Gasteiger partial charge >= 0.3 is 0 Å². The van der Waals surface area contributed by atoms with Crippen LogP contribution in [0.1, 0.15) is 18.5 Å². The van der Waals surface area contributed by atoms with Gasteiger partial charge in [0.1, 0.15) is 0 Å². The van der Waals surface area contributed by atoms with Crippen molar-refractivity contribution in [2.24, 2.45) is 0 Å². The molecule has 0 saturated heterocycles. The van der Waals surface area contributed by atoms with E-state index in [1.165, 1.54) is 4.68 Å². The van der Waals surface area contributed by atoms with E-state index >= 15 is 0 Å². The fourth-order valence-corrected chi connectivity index (χ4v) is 3.31. The van der Waals surface area contributed by atoms with Crippen LogP contribution >= 0.6 is 11.6 Å². The van der Waals surface area contributed by atoms with E-state index in [0.29, 0.717) is 18.1 Å². The zero-order valence-corrected chi connectivity index (χ0v) is 14.0. The molecule has 3 aromatic rings. The Labute approximate surface area is 143 Å². The summed E-state index contributed by atoms with van der Waals surface area (Å²) in [6.07, 6.45) is 1.89. The molecular formula is C17H17ClN4O2. The predicted molar refractivity (Wildman–Crippen MR) is 91.9 cm³/mol. The van der Waals surface area contributed by atoms with Crippen molar-refractivity contribution >= 4 is 11.6 Å². The number of benzene rings is 1. The molecule has 2 aromatic heterocycles. The third-order valence-electron chi connectivity index (χ3n) is 4.41. The molecule has 0 fully saturated rings. The Morgan fingerprint density at radius 2 is 1.79 bits per heavy atom. The molecule has 0 unspecified atom stereocenters. The summed E-state index contributed by atoms with van der Waals surface area (Å²) >= 11 is 5.93. The number of halogens is 1. The van der Waals surface area contributed by atoms with Crippen molar-refractivity contribution in [2.45, 2.75) is 32.9 Å². The molecule has 0 spiro atoms. The Morgan fingerprint density at radius 1 is 1.12 bits per heavy atom. The first-order valence-corrected chi connectivity index (χ1v) is 8.29. The first-order valence-electron chi connectivity index (χ1n) is 7.92. The average molecular weight is 345 g/mol. The molecule has 1 aromatic carbocycles. The highest BCUT2D eigenvalue weighted by atomic mass is 35.5. The number of hydrogen-bond donors (Lipinski definition) is 1. The molecule has 7 heteroatoms. The van der Waals surface area contributed by atoms with Gasteiger partial charge in [0.05, 0.1) is 5.69 Å². The number of rotatable bonds is 2.